The zero-order valence-electron chi connectivity index (χ0n) is 12.8. The van der Waals surface area contributed by atoms with Gasteiger partial charge in [0.25, 0.3) is 0 Å². The van der Waals surface area contributed by atoms with Gasteiger partial charge in [0.1, 0.15) is 5.82 Å². The van der Waals surface area contributed by atoms with E-state index in [0.717, 1.165) is 25.5 Å². The standard InChI is InChI=1S/C17H23N3S/c1-3-18-9-15-8-13(2)17(19-10-15)20(16-4-5-16)11-14-6-7-21-12-14/h6-8,10,12,16,18H,3-5,9,11H2,1-2H3. The summed E-state index contributed by atoms with van der Waals surface area (Å²) < 4.78 is 0. The molecule has 3 rings (SSSR count). The van der Waals surface area contributed by atoms with E-state index in [4.69, 9.17) is 4.98 Å². The normalized spacial score (nSPS) is 14.4. The van der Waals surface area contributed by atoms with Crippen molar-refractivity contribution in [2.75, 3.05) is 11.4 Å². The lowest BCUT2D eigenvalue weighted by atomic mass is 10.2. The quantitative estimate of drug-likeness (QED) is 0.844. The maximum Gasteiger partial charge on any atom is 0.131 e. The van der Waals surface area contributed by atoms with Gasteiger partial charge in [0, 0.05) is 25.3 Å². The number of nitrogens with zero attached hydrogens (tertiary/aromatic N) is 2. The molecule has 1 fully saturated rings. The van der Waals surface area contributed by atoms with Gasteiger partial charge in [-0.25, -0.2) is 4.98 Å². The molecule has 1 saturated carbocycles. The van der Waals surface area contributed by atoms with Gasteiger partial charge in [0.15, 0.2) is 0 Å². The van der Waals surface area contributed by atoms with Crippen LogP contribution in [0.3, 0.4) is 0 Å². The van der Waals surface area contributed by atoms with Gasteiger partial charge < -0.3 is 10.2 Å². The van der Waals surface area contributed by atoms with Crippen LogP contribution in [0.4, 0.5) is 5.82 Å². The fourth-order valence-electron chi connectivity index (χ4n) is 2.63. The fourth-order valence-corrected chi connectivity index (χ4v) is 3.29. The molecule has 0 aliphatic heterocycles. The van der Waals surface area contributed by atoms with E-state index in [1.54, 1.807) is 11.3 Å². The lowest BCUT2D eigenvalue weighted by Crippen LogP contribution is -2.26. The van der Waals surface area contributed by atoms with Gasteiger partial charge in [-0.1, -0.05) is 6.92 Å². The molecule has 0 amide bonds. The molecule has 0 radical (unpaired) electrons. The first-order valence-corrected chi connectivity index (χ1v) is 8.66. The van der Waals surface area contributed by atoms with Crippen molar-refractivity contribution in [1.29, 1.82) is 0 Å². The SMILES string of the molecule is CCNCc1cnc(N(Cc2ccsc2)C2CC2)c(C)c1. The summed E-state index contributed by atoms with van der Waals surface area (Å²) in [7, 11) is 0. The summed E-state index contributed by atoms with van der Waals surface area (Å²) in [6.45, 7) is 7.19. The molecule has 112 valence electrons. The molecule has 2 aromatic heterocycles. The fraction of sp³-hybridized carbons (Fsp3) is 0.471. The molecule has 2 aromatic rings. The molecular formula is C17H23N3S. The summed E-state index contributed by atoms with van der Waals surface area (Å²) in [4.78, 5) is 7.24. The molecular weight excluding hydrogens is 278 g/mol. The predicted octanol–water partition coefficient (Wildman–Crippen LogP) is 3.73. The van der Waals surface area contributed by atoms with E-state index in [1.807, 2.05) is 6.20 Å². The third-order valence-corrected chi connectivity index (χ3v) is 4.61. The number of rotatable bonds is 7. The summed E-state index contributed by atoms with van der Waals surface area (Å²) in [5.41, 5.74) is 3.95. The van der Waals surface area contributed by atoms with Gasteiger partial charge >= 0.3 is 0 Å². The Balaban J connectivity index is 1.79. The van der Waals surface area contributed by atoms with Crippen LogP contribution in [0.1, 0.15) is 36.5 Å². The second-order valence-corrected chi connectivity index (χ2v) is 6.54. The Morgan fingerprint density at radius 2 is 2.24 bits per heavy atom. The molecule has 0 bridgehead atoms. The topological polar surface area (TPSA) is 28.2 Å². The van der Waals surface area contributed by atoms with Gasteiger partial charge in [-0.3, -0.25) is 0 Å². The smallest absolute Gasteiger partial charge is 0.131 e. The van der Waals surface area contributed by atoms with E-state index >= 15 is 0 Å². The van der Waals surface area contributed by atoms with E-state index in [9.17, 15) is 0 Å². The minimum atomic E-state index is 0.677. The van der Waals surface area contributed by atoms with E-state index in [-0.39, 0.29) is 0 Å². The van der Waals surface area contributed by atoms with Crippen molar-refractivity contribution in [3.8, 4) is 0 Å². The van der Waals surface area contributed by atoms with E-state index in [2.05, 4.69) is 47.0 Å². The van der Waals surface area contributed by atoms with Crippen molar-refractivity contribution < 1.29 is 0 Å². The number of hydrogen-bond donors (Lipinski definition) is 1. The Bertz CT molecular complexity index is 576. The Labute approximate surface area is 131 Å². The molecule has 2 heterocycles. The second-order valence-electron chi connectivity index (χ2n) is 5.76. The van der Waals surface area contributed by atoms with Gasteiger partial charge in [0.2, 0.25) is 0 Å². The van der Waals surface area contributed by atoms with Gasteiger partial charge in [0.05, 0.1) is 0 Å². The Morgan fingerprint density at radius 1 is 1.38 bits per heavy atom. The minimum Gasteiger partial charge on any atom is -0.349 e. The Hall–Kier alpha value is -1.39. The summed E-state index contributed by atoms with van der Waals surface area (Å²) in [6, 6.07) is 5.17. The van der Waals surface area contributed by atoms with Crippen LogP contribution in [-0.2, 0) is 13.1 Å². The van der Waals surface area contributed by atoms with Crippen molar-refractivity contribution in [3.05, 3.63) is 45.8 Å². The molecule has 1 aliphatic rings. The Morgan fingerprint density at radius 3 is 2.86 bits per heavy atom. The van der Waals surface area contributed by atoms with Crippen LogP contribution < -0.4 is 10.2 Å². The van der Waals surface area contributed by atoms with E-state index < -0.39 is 0 Å². The van der Waals surface area contributed by atoms with Crippen LogP contribution in [0.5, 0.6) is 0 Å². The number of thiophene rings is 1. The molecule has 0 saturated heterocycles. The van der Waals surface area contributed by atoms with E-state index in [0.29, 0.717) is 6.04 Å². The number of aryl methyl sites for hydroxylation is 1. The first-order chi connectivity index (χ1) is 10.3. The molecule has 3 nitrogen and oxygen atoms in total. The van der Waals surface area contributed by atoms with Crippen molar-refractivity contribution >= 4 is 17.2 Å². The predicted molar refractivity (Wildman–Crippen MR) is 89.9 cm³/mol. The van der Waals surface area contributed by atoms with Crippen LogP contribution in [0.2, 0.25) is 0 Å². The highest BCUT2D eigenvalue weighted by Crippen LogP contribution is 2.34. The maximum atomic E-state index is 4.76. The molecule has 21 heavy (non-hydrogen) atoms. The number of aromatic nitrogens is 1. The number of anilines is 1. The van der Waals surface area contributed by atoms with Crippen LogP contribution in [-0.4, -0.2) is 17.6 Å². The van der Waals surface area contributed by atoms with Crippen LogP contribution >= 0.6 is 11.3 Å². The Kier molecular flexibility index (Phi) is 4.56. The number of hydrogen-bond acceptors (Lipinski definition) is 4. The molecule has 0 unspecified atom stereocenters. The highest BCUT2D eigenvalue weighted by atomic mass is 32.1. The molecule has 1 N–H and O–H groups in total. The van der Waals surface area contributed by atoms with Crippen LogP contribution in [0, 0.1) is 6.92 Å². The van der Waals surface area contributed by atoms with Crippen molar-refractivity contribution in [2.45, 2.75) is 45.8 Å². The molecule has 0 aromatic carbocycles. The van der Waals surface area contributed by atoms with Crippen molar-refractivity contribution in [3.63, 3.8) is 0 Å². The highest BCUT2D eigenvalue weighted by Gasteiger charge is 2.30. The summed E-state index contributed by atoms with van der Waals surface area (Å²) >= 11 is 1.77. The number of pyridine rings is 1. The van der Waals surface area contributed by atoms with Crippen LogP contribution in [0.25, 0.3) is 0 Å². The largest absolute Gasteiger partial charge is 0.349 e. The van der Waals surface area contributed by atoms with Gasteiger partial charge in [-0.05, 0) is 65.9 Å². The van der Waals surface area contributed by atoms with Crippen molar-refractivity contribution in [1.82, 2.24) is 10.3 Å². The van der Waals surface area contributed by atoms with Gasteiger partial charge in [-0.2, -0.15) is 11.3 Å². The first-order valence-electron chi connectivity index (χ1n) is 7.72. The zero-order chi connectivity index (χ0) is 14.7. The average molecular weight is 301 g/mol. The lowest BCUT2D eigenvalue weighted by molar-refractivity contribution is 0.720. The summed E-state index contributed by atoms with van der Waals surface area (Å²) in [5, 5.41) is 7.75. The molecule has 4 heteroatoms. The molecule has 0 atom stereocenters. The lowest BCUT2D eigenvalue weighted by Gasteiger charge is -2.25. The van der Waals surface area contributed by atoms with Crippen LogP contribution in [0.15, 0.2) is 29.1 Å². The van der Waals surface area contributed by atoms with Crippen molar-refractivity contribution in [2.24, 2.45) is 0 Å². The highest BCUT2D eigenvalue weighted by molar-refractivity contribution is 7.07. The third kappa shape index (κ3) is 3.63. The monoisotopic (exact) mass is 301 g/mol. The molecule has 1 aliphatic carbocycles. The third-order valence-electron chi connectivity index (χ3n) is 3.88. The summed E-state index contributed by atoms with van der Waals surface area (Å²) in [5.74, 6) is 1.16. The minimum absolute atomic E-state index is 0.677. The average Bonchev–Trinajstić information content (AvgIpc) is 3.20. The molecule has 0 spiro atoms. The van der Waals surface area contributed by atoms with E-state index in [1.165, 1.54) is 29.5 Å². The maximum absolute atomic E-state index is 4.76. The van der Waals surface area contributed by atoms with Gasteiger partial charge in [-0.15, -0.1) is 0 Å². The summed E-state index contributed by atoms with van der Waals surface area (Å²) in [6.07, 6.45) is 4.61. The second kappa shape index (κ2) is 6.58. The zero-order valence-corrected chi connectivity index (χ0v) is 13.6. The number of nitrogens with one attached hydrogen (secondary N) is 1. The first kappa shape index (κ1) is 14.5.